The van der Waals surface area contributed by atoms with Crippen molar-refractivity contribution in [3.05, 3.63) is 106 Å². The zero-order chi connectivity index (χ0) is 25.2. The fourth-order valence-electron chi connectivity index (χ4n) is 4.13. The van der Waals surface area contributed by atoms with Crippen molar-refractivity contribution in [3.63, 3.8) is 0 Å². The van der Waals surface area contributed by atoms with Crippen molar-refractivity contribution in [2.24, 2.45) is 0 Å². The van der Waals surface area contributed by atoms with Crippen LogP contribution in [0.2, 0.25) is 5.02 Å². The molecule has 1 aliphatic heterocycles. The van der Waals surface area contributed by atoms with Gasteiger partial charge in [-0.05, 0) is 60.2 Å². The molecule has 2 heterocycles. The quantitative estimate of drug-likeness (QED) is 0.305. The number of imide groups is 1. The molecule has 4 aromatic rings. The highest BCUT2D eigenvalue weighted by Crippen LogP contribution is 2.34. The molecule has 6 nitrogen and oxygen atoms in total. The van der Waals surface area contributed by atoms with Gasteiger partial charge in [0.05, 0.1) is 4.91 Å². The van der Waals surface area contributed by atoms with Crippen molar-refractivity contribution in [3.8, 4) is 0 Å². The Bertz CT molecular complexity index is 1520. The molecule has 180 valence electrons. The minimum Gasteiger partial charge on any atom is -0.342 e. The molecule has 1 fully saturated rings. The van der Waals surface area contributed by atoms with Crippen LogP contribution in [0, 0.1) is 6.92 Å². The smallest absolute Gasteiger partial charge is 0.294 e. The number of aromatic nitrogens is 1. The summed E-state index contributed by atoms with van der Waals surface area (Å²) in [6.07, 6.45) is 3.70. The fourth-order valence-corrected chi connectivity index (χ4v) is 5.09. The van der Waals surface area contributed by atoms with Crippen molar-refractivity contribution < 1.29 is 14.4 Å². The molecule has 0 aliphatic carbocycles. The molecule has 5 rings (SSSR count). The maximum atomic E-state index is 13.1. The lowest BCUT2D eigenvalue weighted by atomic mass is 10.1. The Kier molecular flexibility index (Phi) is 6.67. The predicted molar refractivity (Wildman–Crippen MR) is 145 cm³/mol. The molecule has 0 spiro atoms. The van der Waals surface area contributed by atoms with E-state index in [0.717, 1.165) is 44.3 Å². The first-order valence-corrected chi connectivity index (χ1v) is 12.5. The van der Waals surface area contributed by atoms with Gasteiger partial charge in [0, 0.05) is 39.9 Å². The van der Waals surface area contributed by atoms with Crippen molar-refractivity contribution in [1.82, 2.24) is 9.47 Å². The number of thioether (sulfide) groups is 1. The maximum absolute atomic E-state index is 13.1. The third kappa shape index (κ3) is 4.94. The van der Waals surface area contributed by atoms with Gasteiger partial charge in [0.1, 0.15) is 6.54 Å². The molecule has 3 amide bonds. The van der Waals surface area contributed by atoms with E-state index >= 15 is 0 Å². The monoisotopic (exact) mass is 515 g/mol. The van der Waals surface area contributed by atoms with Gasteiger partial charge in [0.15, 0.2) is 0 Å². The lowest BCUT2D eigenvalue weighted by molar-refractivity contribution is -0.127. The number of nitrogens with zero attached hydrogens (tertiary/aromatic N) is 2. The van der Waals surface area contributed by atoms with Crippen LogP contribution >= 0.6 is 23.4 Å². The van der Waals surface area contributed by atoms with Gasteiger partial charge in [-0.2, -0.15) is 0 Å². The van der Waals surface area contributed by atoms with Gasteiger partial charge >= 0.3 is 0 Å². The summed E-state index contributed by atoms with van der Waals surface area (Å²) in [4.78, 5) is 39.5. The fraction of sp³-hybridized carbons (Fsp3) is 0.107. The number of carbonyl (C=O) groups excluding carboxylic acids is 3. The van der Waals surface area contributed by atoms with Crippen molar-refractivity contribution >= 4 is 63.1 Å². The number of para-hydroxylation sites is 2. The highest BCUT2D eigenvalue weighted by atomic mass is 35.5. The summed E-state index contributed by atoms with van der Waals surface area (Å²) in [5.41, 5.74) is 4.48. The Balaban J connectivity index is 1.38. The van der Waals surface area contributed by atoms with Gasteiger partial charge < -0.3 is 9.88 Å². The van der Waals surface area contributed by atoms with E-state index < -0.39 is 17.1 Å². The average molecular weight is 516 g/mol. The lowest BCUT2D eigenvalue weighted by Gasteiger charge is -2.13. The molecule has 0 unspecified atom stereocenters. The summed E-state index contributed by atoms with van der Waals surface area (Å²) in [5, 5.41) is 3.96. The number of hydrogen-bond donors (Lipinski definition) is 1. The molecule has 0 saturated carbocycles. The molecule has 1 aliphatic rings. The van der Waals surface area contributed by atoms with E-state index in [1.807, 2.05) is 79.9 Å². The average Bonchev–Trinajstić information content (AvgIpc) is 3.34. The van der Waals surface area contributed by atoms with E-state index in [0.29, 0.717) is 17.3 Å². The van der Waals surface area contributed by atoms with E-state index in [-0.39, 0.29) is 11.4 Å². The third-order valence-electron chi connectivity index (χ3n) is 5.97. The van der Waals surface area contributed by atoms with Crippen LogP contribution in [0.1, 0.15) is 16.7 Å². The molecule has 36 heavy (non-hydrogen) atoms. The molecule has 8 heteroatoms. The molecule has 1 saturated heterocycles. The second-order valence-electron chi connectivity index (χ2n) is 8.49. The van der Waals surface area contributed by atoms with E-state index in [1.54, 1.807) is 12.1 Å². The van der Waals surface area contributed by atoms with Crippen LogP contribution in [-0.2, 0) is 16.1 Å². The number of hydrogen-bond acceptors (Lipinski definition) is 4. The van der Waals surface area contributed by atoms with Crippen LogP contribution in [0.3, 0.4) is 0 Å². The van der Waals surface area contributed by atoms with Gasteiger partial charge in [0.2, 0.25) is 5.91 Å². The number of rotatable bonds is 6. The number of nitrogens with one attached hydrogen (secondary N) is 1. The Hall–Kier alpha value is -3.81. The van der Waals surface area contributed by atoms with Crippen LogP contribution in [0.5, 0.6) is 0 Å². The highest BCUT2D eigenvalue weighted by molar-refractivity contribution is 8.18. The molecular weight excluding hydrogens is 494 g/mol. The number of amides is 3. The molecule has 0 atom stereocenters. The van der Waals surface area contributed by atoms with E-state index in [1.165, 1.54) is 0 Å². The largest absolute Gasteiger partial charge is 0.342 e. The SMILES string of the molecule is Cc1ccccc1NC(=O)CN1C(=O)S/C(=C\c2cn(Cc3ccc(Cl)cc3)c3ccccc23)C1=O. The van der Waals surface area contributed by atoms with Crippen LogP contribution in [-0.4, -0.2) is 33.1 Å². The Morgan fingerprint density at radius 3 is 2.50 bits per heavy atom. The van der Waals surface area contributed by atoms with Crippen molar-refractivity contribution in [2.45, 2.75) is 13.5 Å². The zero-order valence-electron chi connectivity index (χ0n) is 19.4. The summed E-state index contributed by atoms with van der Waals surface area (Å²) in [6.45, 7) is 2.17. The number of aryl methyl sites for hydroxylation is 1. The van der Waals surface area contributed by atoms with Crippen LogP contribution in [0.4, 0.5) is 10.5 Å². The standard InChI is InChI=1S/C28H22ClN3O3S/c1-18-6-2-4-8-23(18)30-26(33)17-32-27(34)25(36-28(32)35)14-20-16-31(24-9-5-3-7-22(20)24)15-19-10-12-21(29)13-11-19/h2-14,16H,15,17H2,1H3,(H,30,33)/b25-14-. The van der Waals surface area contributed by atoms with E-state index in [4.69, 9.17) is 11.6 Å². The van der Waals surface area contributed by atoms with Crippen LogP contribution in [0.25, 0.3) is 17.0 Å². The maximum Gasteiger partial charge on any atom is 0.294 e. The molecule has 1 aromatic heterocycles. The molecule has 0 radical (unpaired) electrons. The normalized spacial score (nSPS) is 14.7. The summed E-state index contributed by atoms with van der Waals surface area (Å²) in [7, 11) is 0. The second kappa shape index (κ2) is 10.0. The summed E-state index contributed by atoms with van der Waals surface area (Å²) in [6, 6.07) is 22.9. The summed E-state index contributed by atoms with van der Waals surface area (Å²) < 4.78 is 2.10. The second-order valence-corrected chi connectivity index (χ2v) is 9.92. The summed E-state index contributed by atoms with van der Waals surface area (Å²) >= 11 is 6.87. The first-order chi connectivity index (χ1) is 17.4. The van der Waals surface area contributed by atoms with Gasteiger partial charge in [-0.15, -0.1) is 0 Å². The third-order valence-corrected chi connectivity index (χ3v) is 7.13. The van der Waals surface area contributed by atoms with Crippen molar-refractivity contribution in [2.75, 3.05) is 11.9 Å². The minimum atomic E-state index is -0.473. The molecule has 3 aromatic carbocycles. The number of fused-ring (bicyclic) bond motifs is 1. The lowest BCUT2D eigenvalue weighted by Crippen LogP contribution is -2.36. The van der Waals surface area contributed by atoms with Crippen LogP contribution < -0.4 is 5.32 Å². The molecular formula is C28H22ClN3O3S. The predicted octanol–water partition coefficient (Wildman–Crippen LogP) is 6.33. The molecule has 0 bridgehead atoms. The Labute approximate surface area is 217 Å². The number of halogens is 1. The Morgan fingerprint density at radius 1 is 1.00 bits per heavy atom. The minimum absolute atomic E-state index is 0.290. The van der Waals surface area contributed by atoms with Crippen molar-refractivity contribution in [1.29, 1.82) is 0 Å². The summed E-state index contributed by atoms with van der Waals surface area (Å²) in [5.74, 6) is -0.896. The van der Waals surface area contributed by atoms with E-state index in [2.05, 4.69) is 9.88 Å². The highest BCUT2D eigenvalue weighted by Gasteiger charge is 2.36. The van der Waals surface area contributed by atoms with Gasteiger partial charge in [-0.25, -0.2) is 0 Å². The van der Waals surface area contributed by atoms with Crippen LogP contribution in [0.15, 0.2) is 83.9 Å². The molecule has 1 N–H and O–H groups in total. The van der Waals surface area contributed by atoms with Gasteiger partial charge in [0.25, 0.3) is 11.1 Å². The van der Waals surface area contributed by atoms with E-state index in [9.17, 15) is 14.4 Å². The van der Waals surface area contributed by atoms with Gasteiger partial charge in [-0.3, -0.25) is 19.3 Å². The first-order valence-electron chi connectivity index (χ1n) is 11.3. The zero-order valence-corrected chi connectivity index (χ0v) is 21.0. The Morgan fingerprint density at radius 2 is 1.72 bits per heavy atom. The number of anilines is 1. The van der Waals surface area contributed by atoms with Gasteiger partial charge in [-0.1, -0.05) is 60.1 Å². The first kappa shape index (κ1) is 23.9. The number of carbonyl (C=O) groups is 3. The topological polar surface area (TPSA) is 71.4 Å². The number of benzene rings is 3.